The highest BCUT2D eigenvalue weighted by molar-refractivity contribution is 6.36. The summed E-state index contributed by atoms with van der Waals surface area (Å²) in [5.74, 6) is -1.01. The molecule has 0 unspecified atom stereocenters. The number of fused-ring (bicyclic) bond motifs is 1. The number of carboxylic acids is 1. The zero-order valence-corrected chi connectivity index (χ0v) is 12.5. The Labute approximate surface area is 130 Å². The fraction of sp³-hybridized carbons (Fsp3) is 0.0667. The van der Waals surface area contributed by atoms with E-state index in [-0.39, 0.29) is 5.69 Å². The first-order valence-corrected chi connectivity index (χ1v) is 6.89. The molecule has 1 aromatic heterocycles. The molecule has 0 atom stereocenters. The Morgan fingerprint density at radius 3 is 2.62 bits per heavy atom. The van der Waals surface area contributed by atoms with Gasteiger partial charge in [-0.3, -0.25) is 4.68 Å². The maximum absolute atomic E-state index is 11.4. The van der Waals surface area contributed by atoms with Gasteiger partial charge in [0, 0.05) is 33.6 Å². The summed E-state index contributed by atoms with van der Waals surface area (Å²) in [6.07, 6.45) is 0. The SMILES string of the molecule is Cn1nc2c(-c3ccc(Cl)cc3Cl)cccc2c1C(=O)O. The molecule has 2 aromatic carbocycles. The third-order valence-corrected chi connectivity index (χ3v) is 3.84. The summed E-state index contributed by atoms with van der Waals surface area (Å²) in [5, 5.41) is 15.2. The Hall–Kier alpha value is -2.04. The highest BCUT2D eigenvalue weighted by Crippen LogP contribution is 2.35. The van der Waals surface area contributed by atoms with Crippen LogP contribution in [-0.4, -0.2) is 20.9 Å². The summed E-state index contributed by atoms with van der Waals surface area (Å²) < 4.78 is 1.36. The van der Waals surface area contributed by atoms with Crippen molar-refractivity contribution in [2.24, 2.45) is 7.05 Å². The van der Waals surface area contributed by atoms with E-state index in [9.17, 15) is 9.90 Å². The number of nitrogens with zero attached hydrogens (tertiary/aromatic N) is 2. The van der Waals surface area contributed by atoms with Crippen LogP contribution in [0.4, 0.5) is 0 Å². The van der Waals surface area contributed by atoms with E-state index in [1.807, 2.05) is 6.07 Å². The fourth-order valence-electron chi connectivity index (χ4n) is 2.40. The highest BCUT2D eigenvalue weighted by atomic mass is 35.5. The molecule has 21 heavy (non-hydrogen) atoms. The van der Waals surface area contributed by atoms with Gasteiger partial charge in [-0.25, -0.2) is 4.79 Å². The maximum Gasteiger partial charge on any atom is 0.354 e. The van der Waals surface area contributed by atoms with Gasteiger partial charge in [-0.2, -0.15) is 5.10 Å². The molecule has 1 N–H and O–H groups in total. The van der Waals surface area contributed by atoms with Crippen molar-refractivity contribution in [2.45, 2.75) is 0 Å². The lowest BCUT2D eigenvalue weighted by Crippen LogP contribution is -2.05. The van der Waals surface area contributed by atoms with Gasteiger partial charge in [0.05, 0.1) is 0 Å². The normalized spacial score (nSPS) is 11.0. The second-order valence-corrected chi connectivity index (χ2v) is 5.45. The summed E-state index contributed by atoms with van der Waals surface area (Å²) in [5.41, 5.74) is 2.29. The van der Waals surface area contributed by atoms with Crippen LogP contribution in [0.2, 0.25) is 10.0 Å². The van der Waals surface area contributed by atoms with Crippen LogP contribution in [0.5, 0.6) is 0 Å². The Morgan fingerprint density at radius 2 is 1.95 bits per heavy atom. The van der Waals surface area contributed by atoms with Crippen LogP contribution in [0.25, 0.3) is 22.0 Å². The third-order valence-electron chi connectivity index (χ3n) is 3.29. The second kappa shape index (κ2) is 5.06. The topological polar surface area (TPSA) is 55.1 Å². The van der Waals surface area contributed by atoms with Crippen molar-refractivity contribution < 1.29 is 9.90 Å². The van der Waals surface area contributed by atoms with Crippen LogP contribution in [0.3, 0.4) is 0 Å². The molecule has 0 aliphatic rings. The number of carbonyl (C=O) groups is 1. The molecule has 0 fully saturated rings. The lowest BCUT2D eigenvalue weighted by molar-refractivity contribution is 0.0687. The number of rotatable bonds is 2. The number of aryl methyl sites for hydroxylation is 1. The summed E-state index contributed by atoms with van der Waals surface area (Å²) in [7, 11) is 1.61. The number of benzene rings is 2. The average Bonchev–Trinajstić information content (AvgIpc) is 2.75. The summed E-state index contributed by atoms with van der Waals surface area (Å²) >= 11 is 12.1. The van der Waals surface area contributed by atoms with E-state index < -0.39 is 5.97 Å². The lowest BCUT2D eigenvalue weighted by Gasteiger charge is -2.05. The van der Waals surface area contributed by atoms with Crippen LogP contribution >= 0.6 is 23.2 Å². The summed E-state index contributed by atoms with van der Waals surface area (Å²) in [4.78, 5) is 11.4. The highest BCUT2D eigenvalue weighted by Gasteiger charge is 2.18. The molecule has 0 saturated heterocycles. The van der Waals surface area contributed by atoms with Gasteiger partial charge >= 0.3 is 5.97 Å². The first kappa shape index (κ1) is 13.9. The minimum absolute atomic E-state index is 0.150. The van der Waals surface area contributed by atoms with E-state index in [0.717, 1.165) is 11.1 Å². The van der Waals surface area contributed by atoms with Crippen molar-refractivity contribution in [3.63, 3.8) is 0 Å². The molecule has 0 aliphatic carbocycles. The predicted molar refractivity (Wildman–Crippen MR) is 83.1 cm³/mol. The smallest absolute Gasteiger partial charge is 0.354 e. The molecule has 0 aliphatic heterocycles. The van der Waals surface area contributed by atoms with Gasteiger partial charge in [0.15, 0.2) is 5.69 Å². The zero-order valence-electron chi connectivity index (χ0n) is 11.0. The molecule has 3 rings (SSSR count). The van der Waals surface area contributed by atoms with Crippen molar-refractivity contribution in [3.8, 4) is 11.1 Å². The van der Waals surface area contributed by atoms with Crippen molar-refractivity contribution in [1.82, 2.24) is 9.78 Å². The molecule has 0 radical (unpaired) electrons. The largest absolute Gasteiger partial charge is 0.477 e. The Balaban J connectivity index is 2.34. The molecule has 4 nitrogen and oxygen atoms in total. The Morgan fingerprint density at radius 1 is 1.19 bits per heavy atom. The molecule has 0 saturated carbocycles. The van der Waals surface area contributed by atoms with Crippen molar-refractivity contribution in [3.05, 3.63) is 52.1 Å². The molecular formula is C15H10Cl2N2O2. The van der Waals surface area contributed by atoms with Crippen molar-refractivity contribution in [2.75, 3.05) is 0 Å². The number of aromatic nitrogens is 2. The van der Waals surface area contributed by atoms with Gasteiger partial charge in [0.2, 0.25) is 0 Å². The maximum atomic E-state index is 11.4. The van der Waals surface area contributed by atoms with Gasteiger partial charge < -0.3 is 5.11 Å². The van der Waals surface area contributed by atoms with Gasteiger partial charge in [-0.1, -0.05) is 47.5 Å². The quantitative estimate of drug-likeness (QED) is 0.768. The number of aromatic carboxylic acids is 1. The minimum Gasteiger partial charge on any atom is -0.477 e. The Bertz CT molecular complexity index is 871. The molecule has 0 spiro atoms. The second-order valence-electron chi connectivity index (χ2n) is 4.60. The molecule has 106 valence electrons. The van der Waals surface area contributed by atoms with Gasteiger partial charge in [0.1, 0.15) is 5.52 Å². The molecule has 6 heteroatoms. The van der Waals surface area contributed by atoms with Gasteiger partial charge in [0.25, 0.3) is 0 Å². The zero-order chi connectivity index (χ0) is 15.1. The first-order valence-electron chi connectivity index (χ1n) is 6.13. The first-order chi connectivity index (χ1) is 9.99. The average molecular weight is 321 g/mol. The van der Waals surface area contributed by atoms with E-state index in [1.165, 1.54) is 4.68 Å². The summed E-state index contributed by atoms with van der Waals surface area (Å²) in [6.45, 7) is 0. The summed E-state index contributed by atoms with van der Waals surface area (Å²) in [6, 6.07) is 10.6. The molecule has 1 heterocycles. The van der Waals surface area contributed by atoms with E-state index in [0.29, 0.717) is 20.9 Å². The van der Waals surface area contributed by atoms with E-state index in [4.69, 9.17) is 23.2 Å². The minimum atomic E-state index is -1.01. The van der Waals surface area contributed by atoms with Gasteiger partial charge in [-0.15, -0.1) is 0 Å². The lowest BCUT2D eigenvalue weighted by atomic mass is 10.0. The predicted octanol–water partition coefficient (Wildman–Crippen LogP) is 4.25. The van der Waals surface area contributed by atoms with Crippen LogP contribution in [0.15, 0.2) is 36.4 Å². The van der Waals surface area contributed by atoms with Crippen LogP contribution in [0.1, 0.15) is 10.5 Å². The van der Waals surface area contributed by atoms with Crippen LogP contribution in [0, 0.1) is 0 Å². The van der Waals surface area contributed by atoms with Crippen molar-refractivity contribution in [1.29, 1.82) is 0 Å². The Kier molecular flexibility index (Phi) is 3.35. The van der Waals surface area contributed by atoms with Crippen molar-refractivity contribution >= 4 is 40.1 Å². The van der Waals surface area contributed by atoms with Crippen LogP contribution < -0.4 is 0 Å². The number of halogens is 2. The van der Waals surface area contributed by atoms with Crippen LogP contribution in [-0.2, 0) is 7.05 Å². The molecule has 0 bridgehead atoms. The number of hydrogen-bond donors (Lipinski definition) is 1. The fourth-order valence-corrected chi connectivity index (χ4v) is 2.91. The number of hydrogen-bond acceptors (Lipinski definition) is 2. The molecular weight excluding hydrogens is 311 g/mol. The van der Waals surface area contributed by atoms with E-state index in [1.54, 1.807) is 37.4 Å². The van der Waals surface area contributed by atoms with Gasteiger partial charge in [-0.05, 0) is 12.1 Å². The third kappa shape index (κ3) is 2.26. The van der Waals surface area contributed by atoms with E-state index in [2.05, 4.69) is 5.10 Å². The molecule has 0 amide bonds. The molecule has 3 aromatic rings. The van der Waals surface area contributed by atoms with E-state index >= 15 is 0 Å². The monoisotopic (exact) mass is 320 g/mol. The standard InChI is InChI=1S/C15H10Cl2N2O2/c1-19-14(15(20)21)11-4-2-3-10(13(11)18-19)9-6-5-8(16)7-12(9)17/h2-7H,1H3,(H,20,21). The number of carboxylic acid groups (broad SMARTS) is 1.